The molecule has 0 N–H and O–H groups in total. The molecule has 2 atom stereocenters. The van der Waals surface area contributed by atoms with Gasteiger partial charge in [0.25, 0.3) is 7.82 Å². The van der Waals surface area contributed by atoms with Gasteiger partial charge in [-0.2, -0.15) is 0 Å². The number of rotatable bonds is 41. The first-order chi connectivity index (χ1) is 30.0. The van der Waals surface area contributed by atoms with Gasteiger partial charge >= 0.3 is 11.9 Å². The fourth-order valence-electron chi connectivity index (χ4n) is 5.56. The Morgan fingerprint density at radius 2 is 0.903 bits per heavy atom. The van der Waals surface area contributed by atoms with Crippen LogP contribution >= 0.6 is 7.82 Å². The molecule has 9 nitrogen and oxygen atoms in total. The Bertz CT molecular complexity index is 1420. The van der Waals surface area contributed by atoms with Crippen molar-refractivity contribution in [3.8, 4) is 0 Å². The average molecular weight is 884 g/mol. The second-order valence-corrected chi connectivity index (χ2v) is 17.8. The maximum Gasteiger partial charge on any atom is 0.306 e. The van der Waals surface area contributed by atoms with Crippen LogP contribution in [-0.2, 0) is 32.7 Å². The second kappa shape index (κ2) is 42.9. The summed E-state index contributed by atoms with van der Waals surface area (Å²) in [6.07, 6.45) is 58.5. The van der Waals surface area contributed by atoms with Crippen LogP contribution in [0.4, 0.5) is 0 Å². The van der Waals surface area contributed by atoms with Crippen molar-refractivity contribution < 1.29 is 42.1 Å². The maximum absolute atomic E-state index is 12.7. The van der Waals surface area contributed by atoms with Crippen LogP contribution < -0.4 is 4.89 Å². The minimum atomic E-state index is -4.66. The van der Waals surface area contributed by atoms with Gasteiger partial charge in [0.15, 0.2) is 6.10 Å². The first kappa shape index (κ1) is 58.7. The quantitative estimate of drug-likeness (QED) is 0.0196. The molecule has 0 saturated carbocycles. The summed E-state index contributed by atoms with van der Waals surface area (Å²) in [5, 5.41) is 0. The summed E-state index contributed by atoms with van der Waals surface area (Å²) >= 11 is 0. The summed E-state index contributed by atoms with van der Waals surface area (Å²) in [4.78, 5) is 37.6. The Morgan fingerprint density at radius 3 is 1.32 bits per heavy atom. The van der Waals surface area contributed by atoms with Crippen molar-refractivity contribution in [1.29, 1.82) is 0 Å². The monoisotopic (exact) mass is 884 g/mol. The Hall–Kier alpha value is -3.33. The normalized spacial score (nSPS) is 14.5. The van der Waals surface area contributed by atoms with Crippen molar-refractivity contribution in [2.45, 2.75) is 161 Å². The highest BCUT2D eigenvalue weighted by atomic mass is 31.2. The standard InChI is InChI=1S/C52H86NO8P/c1-6-8-10-12-14-16-18-20-22-24-26-28-30-32-34-36-38-40-42-44-51(54)58-48-50(49-60-62(56,57)59-47-46-53(3,4)5)61-52(55)45-43-41-39-37-35-33-31-29-27-25-23-21-19-17-15-13-11-9-7-2/h14-17,20-23,26-29,32-35,39,41,50H,6-13,18-19,24-25,30-31,36-38,40,42-49H2,1-5H3/b16-14+,17-15+,22-20+,23-21+,28-26+,29-27+,34-32+,35-33+,41-39+/t50-/m1/s1. The lowest BCUT2D eigenvalue weighted by atomic mass is 10.1. The van der Waals surface area contributed by atoms with E-state index in [1.807, 2.05) is 33.3 Å². The van der Waals surface area contributed by atoms with E-state index in [1.54, 1.807) is 0 Å². The van der Waals surface area contributed by atoms with Crippen molar-refractivity contribution >= 4 is 19.8 Å². The Labute approximate surface area is 378 Å². The fourth-order valence-corrected chi connectivity index (χ4v) is 6.29. The molecule has 0 bridgehead atoms. The van der Waals surface area contributed by atoms with Crippen LogP contribution in [-0.4, -0.2) is 70.0 Å². The number of carbonyl (C=O) groups is 2. The predicted molar refractivity (Wildman–Crippen MR) is 258 cm³/mol. The lowest BCUT2D eigenvalue weighted by Crippen LogP contribution is -2.37. The van der Waals surface area contributed by atoms with E-state index in [2.05, 4.69) is 111 Å². The van der Waals surface area contributed by atoms with Gasteiger partial charge in [0.2, 0.25) is 0 Å². The second-order valence-electron chi connectivity index (χ2n) is 16.4. The number of ether oxygens (including phenoxy) is 2. The highest BCUT2D eigenvalue weighted by Crippen LogP contribution is 2.38. The summed E-state index contributed by atoms with van der Waals surface area (Å²) in [5.74, 6) is -0.978. The molecule has 0 aromatic rings. The molecule has 0 fully saturated rings. The van der Waals surface area contributed by atoms with Crippen LogP contribution in [0.2, 0.25) is 0 Å². The summed E-state index contributed by atoms with van der Waals surface area (Å²) in [7, 11) is 1.08. The van der Waals surface area contributed by atoms with E-state index in [4.69, 9.17) is 18.5 Å². The number of hydrogen-bond acceptors (Lipinski definition) is 8. The summed E-state index contributed by atoms with van der Waals surface area (Å²) in [5.41, 5.74) is 0. The highest BCUT2D eigenvalue weighted by Gasteiger charge is 2.21. The largest absolute Gasteiger partial charge is 0.756 e. The number of carbonyl (C=O) groups excluding carboxylic acids is 2. The zero-order valence-electron chi connectivity index (χ0n) is 39.5. The molecular weight excluding hydrogens is 798 g/mol. The van der Waals surface area contributed by atoms with E-state index in [0.717, 1.165) is 64.2 Å². The molecule has 1 unspecified atom stereocenters. The molecular formula is C52H86NO8P. The molecule has 0 radical (unpaired) electrons. The number of nitrogens with zero attached hydrogens (tertiary/aromatic N) is 1. The van der Waals surface area contributed by atoms with Gasteiger partial charge in [0, 0.05) is 12.8 Å². The average Bonchev–Trinajstić information content (AvgIpc) is 3.23. The smallest absolute Gasteiger partial charge is 0.306 e. The lowest BCUT2D eigenvalue weighted by Gasteiger charge is -2.28. The minimum absolute atomic E-state index is 0.0560. The fraction of sp³-hybridized carbons (Fsp3) is 0.615. The molecule has 0 amide bonds. The van der Waals surface area contributed by atoms with Gasteiger partial charge in [-0.25, -0.2) is 0 Å². The van der Waals surface area contributed by atoms with Crippen LogP contribution in [0.25, 0.3) is 0 Å². The van der Waals surface area contributed by atoms with E-state index in [1.165, 1.54) is 51.4 Å². The SMILES string of the molecule is CCCCC/C=C/C/C=C/C/C=C/C/C=C/C/C=C/CCC(=O)O[C@H](COC(=O)CCCCC/C=C/C/C=C/C/C=C/C/C=C/CCCCC)COP(=O)([O-])OCC[N+](C)(C)C. The third kappa shape index (κ3) is 46.2. The van der Waals surface area contributed by atoms with Crippen molar-refractivity contribution in [1.82, 2.24) is 0 Å². The number of esters is 2. The third-order valence-electron chi connectivity index (χ3n) is 9.28. The summed E-state index contributed by atoms with van der Waals surface area (Å²) < 4.78 is 33.8. The maximum atomic E-state index is 12.7. The third-order valence-corrected chi connectivity index (χ3v) is 10.2. The van der Waals surface area contributed by atoms with Crippen LogP contribution in [0.5, 0.6) is 0 Å². The van der Waals surface area contributed by atoms with Crippen molar-refractivity contribution in [3.05, 3.63) is 109 Å². The zero-order chi connectivity index (χ0) is 45.7. The molecule has 0 saturated heterocycles. The van der Waals surface area contributed by atoms with Gasteiger partial charge < -0.3 is 27.9 Å². The van der Waals surface area contributed by atoms with Crippen LogP contribution in [0.1, 0.15) is 155 Å². The number of likely N-dealkylation sites (N-methyl/N-ethyl adjacent to an activating group) is 1. The van der Waals surface area contributed by atoms with Crippen molar-refractivity contribution in [3.63, 3.8) is 0 Å². The Morgan fingerprint density at radius 1 is 0.500 bits per heavy atom. The number of allylic oxidation sites excluding steroid dienone is 18. The Kier molecular flexibility index (Phi) is 40.6. The molecule has 0 aliphatic heterocycles. The van der Waals surface area contributed by atoms with Gasteiger partial charge in [-0.05, 0) is 96.3 Å². The van der Waals surface area contributed by atoms with Gasteiger partial charge in [-0.15, -0.1) is 0 Å². The predicted octanol–water partition coefficient (Wildman–Crippen LogP) is 13.3. The van der Waals surface area contributed by atoms with E-state index in [0.29, 0.717) is 23.9 Å². The molecule has 352 valence electrons. The molecule has 0 spiro atoms. The first-order valence-corrected chi connectivity index (χ1v) is 25.1. The van der Waals surface area contributed by atoms with Gasteiger partial charge in [0.05, 0.1) is 27.7 Å². The molecule has 0 rings (SSSR count). The zero-order valence-corrected chi connectivity index (χ0v) is 40.4. The molecule has 0 aromatic carbocycles. The summed E-state index contributed by atoms with van der Waals surface area (Å²) in [6, 6.07) is 0. The molecule has 62 heavy (non-hydrogen) atoms. The van der Waals surface area contributed by atoms with Crippen LogP contribution in [0, 0.1) is 0 Å². The minimum Gasteiger partial charge on any atom is -0.756 e. The Balaban J connectivity index is 4.53. The number of hydrogen-bond donors (Lipinski definition) is 0. The number of phosphoric ester groups is 1. The number of unbranched alkanes of at least 4 members (excludes halogenated alkanes) is 9. The molecule has 10 heteroatoms. The van der Waals surface area contributed by atoms with E-state index in [-0.39, 0.29) is 26.1 Å². The molecule has 0 aromatic heterocycles. The molecule has 0 heterocycles. The van der Waals surface area contributed by atoms with E-state index < -0.39 is 32.5 Å². The topological polar surface area (TPSA) is 111 Å². The van der Waals surface area contributed by atoms with Gasteiger partial charge in [-0.3, -0.25) is 14.2 Å². The molecule has 0 aliphatic carbocycles. The van der Waals surface area contributed by atoms with E-state index >= 15 is 0 Å². The number of phosphoric acid groups is 1. The number of quaternary nitrogens is 1. The van der Waals surface area contributed by atoms with Crippen LogP contribution in [0.15, 0.2) is 109 Å². The van der Waals surface area contributed by atoms with Crippen molar-refractivity contribution in [2.24, 2.45) is 0 Å². The summed E-state index contributed by atoms with van der Waals surface area (Å²) in [6.45, 7) is 4.02. The lowest BCUT2D eigenvalue weighted by molar-refractivity contribution is -0.870. The molecule has 0 aliphatic rings. The van der Waals surface area contributed by atoms with Gasteiger partial charge in [0.1, 0.15) is 19.8 Å². The van der Waals surface area contributed by atoms with E-state index in [9.17, 15) is 19.0 Å². The van der Waals surface area contributed by atoms with Crippen molar-refractivity contribution in [2.75, 3.05) is 47.5 Å². The highest BCUT2D eigenvalue weighted by molar-refractivity contribution is 7.45. The van der Waals surface area contributed by atoms with Crippen LogP contribution in [0.3, 0.4) is 0 Å². The first-order valence-electron chi connectivity index (χ1n) is 23.6. The van der Waals surface area contributed by atoms with Gasteiger partial charge in [-0.1, -0.05) is 155 Å².